The first-order valence-corrected chi connectivity index (χ1v) is 7.93. The summed E-state index contributed by atoms with van der Waals surface area (Å²) < 4.78 is 11.5. The van der Waals surface area contributed by atoms with Crippen molar-refractivity contribution < 1.29 is 14.3 Å². The van der Waals surface area contributed by atoms with Crippen molar-refractivity contribution in [3.8, 4) is 11.5 Å². The second-order valence-electron chi connectivity index (χ2n) is 6.39. The maximum Gasteiger partial charge on any atom is 0.262 e. The third kappa shape index (κ3) is 3.77. The van der Waals surface area contributed by atoms with Gasteiger partial charge in [-0.1, -0.05) is 24.3 Å². The molecule has 0 saturated heterocycles. The van der Waals surface area contributed by atoms with Crippen LogP contribution in [0.4, 0.5) is 5.69 Å². The fraction of sp³-hybridized carbons (Fsp3) is 0.250. The molecule has 0 aromatic heterocycles. The van der Waals surface area contributed by atoms with Crippen LogP contribution in [0.15, 0.2) is 48.5 Å². The Hall–Kier alpha value is -2.75. The van der Waals surface area contributed by atoms with Gasteiger partial charge in [0.15, 0.2) is 6.61 Å². The number of rotatable bonds is 4. The fourth-order valence-electron chi connectivity index (χ4n) is 2.49. The maximum atomic E-state index is 12.1. The van der Waals surface area contributed by atoms with Crippen LogP contribution in [0.3, 0.4) is 0 Å². The molecule has 0 atom stereocenters. The lowest BCUT2D eigenvalue weighted by Crippen LogP contribution is -2.27. The van der Waals surface area contributed by atoms with Crippen LogP contribution in [-0.4, -0.2) is 18.1 Å². The molecule has 0 aliphatic carbocycles. The van der Waals surface area contributed by atoms with Crippen molar-refractivity contribution in [1.82, 2.24) is 0 Å². The predicted octanol–water partition coefficient (Wildman–Crippen LogP) is 4.20. The summed E-state index contributed by atoms with van der Waals surface area (Å²) in [6, 6.07) is 13.2. The molecule has 2 aromatic rings. The Labute approximate surface area is 142 Å². The van der Waals surface area contributed by atoms with Gasteiger partial charge in [0.25, 0.3) is 5.91 Å². The van der Waals surface area contributed by atoms with Crippen LogP contribution in [0.1, 0.15) is 25.0 Å². The van der Waals surface area contributed by atoms with E-state index < -0.39 is 0 Å². The summed E-state index contributed by atoms with van der Waals surface area (Å²) in [5, 5.41) is 2.85. The lowest BCUT2D eigenvalue weighted by molar-refractivity contribution is -0.118. The maximum absolute atomic E-state index is 12.1. The second kappa shape index (κ2) is 6.40. The van der Waals surface area contributed by atoms with Crippen LogP contribution < -0.4 is 14.8 Å². The molecule has 1 heterocycles. The van der Waals surface area contributed by atoms with Crippen molar-refractivity contribution in [2.75, 3.05) is 11.9 Å². The number of ether oxygens (including phenoxy) is 2. The number of hydrogen-bond donors (Lipinski definition) is 1. The van der Waals surface area contributed by atoms with E-state index >= 15 is 0 Å². The number of aryl methyl sites for hydroxylation is 1. The first-order valence-electron chi connectivity index (χ1n) is 7.93. The summed E-state index contributed by atoms with van der Waals surface area (Å²) in [4.78, 5) is 12.1. The normalized spacial score (nSPS) is 14.5. The third-order valence-electron chi connectivity index (χ3n) is 3.81. The zero-order valence-electron chi connectivity index (χ0n) is 14.1. The van der Waals surface area contributed by atoms with E-state index in [1.807, 2.05) is 75.4 Å². The molecule has 1 aliphatic heterocycles. The Morgan fingerprint density at radius 3 is 2.79 bits per heavy atom. The second-order valence-corrected chi connectivity index (χ2v) is 6.39. The van der Waals surface area contributed by atoms with Gasteiger partial charge >= 0.3 is 0 Å². The van der Waals surface area contributed by atoms with E-state index in [-0.39, 0.29) is 18.1 Å². The molecule has 0 saturated carbocycles. The summed E-state index contributed by atoms with van der Waals surface area (Å²) in [5.41, 5.74) is 2.48. The molecule has 0 fully saturated rings. The molecule has 1 N–H and O–H groups in total. The lowest BCUT2D eigenvalue weighted by atomic mass is 10.0. The molecule has 24 heavy (non-hydrogen) atoms. The van der Waals surface area contributed by atoms with Gasteiger partial charge in [-0.2, -0.15) is 0 Å². The standard InChI is InChI=1S/C20H21NO3/c1-14-6-4-5-7-17(14)21-19(22)13-23-16-9-8-15-10-11-20(2,3)24-18(15)12-16/h4-12H,13H2,1-3H3,(H,21,22). The number of para-hydroxylation sites is 1. The number of nitrogens with one attached hydrogen (secondary N) is 1. The summed E-state index contributed by atoms with van der Waals surface area (Å²) in [6.45, 7) is 5.89. The summed E-state index contributed by atoms with van der Waals surface area (Å²) in [7, 11) is 0. The minimum atomic E-state index is -0.339. The van der Waals surface area contributed by atoms with Crippen molar-refractivity contribution in [3.63, 3.8) is 0 Å². The number of carbonyl (C=O) groups is 1. The minimum Gasteiger partial charge on any atom is -0.484 e. The summed E-state index contributed by atoms with van der Waals surface area (Å²) in [6.07, 6.45) is 4.05. The first-order chi connectivity index (χ1) is 11.4. The minimum absolute atomic E-state index is 0.0493. The fourth-order valence-corrected chi connectivity index (χ4v) is 2.49. The van der Waals surface area contributed by atoms with Gasteiger partial charge in [0.1, 0.15) is 17.1 Å². The van der Waals surface area contributed by atoms with Gasteiger partial charge in [0, 0.05) is 17.3 Å². The highest BCUT2D eigenvalue weighted by atomic mass is 16.5. The largest absolute Gasteiger partial charge is 0.484 e. The van der Waals surface area contributed by atoms with Crippen LogP contribution in [0.25, 0.3) is 6.08 Å². The van der Waals surface area contributed by atoms with Crippen LogP contribution in [-0.2, 0) is 4.79 Å². The molecular weight excluding hydrogens is 302 g/mol. The van der Waals surface area contributed by atoms with E-state index in [4.69, 9.17) is 9.47 Å². The van der Waals surface area contributed by atoms with Crippen LogP contribution >= 0.6 is 0 Å². The molecule has 0 spiro atoms. The molecule has 1 aliphatic rings. The molecule has 4 nitrogen and oxygen atoms in total. The Morgan fingerprint density at radius 2 is 2.00 bits per heavy atom. The third-order valence-corrected chi connectivity index (χ3v) is 3.81. The summed E-state index contributed by atoms with van der Waals surface area (Å²) >= 11 is 0. The molecule has 0 radical (unpaired) electrons. The molecule has 4 heteroatoms. The van der Waals surface area contributed by atoms with Gasteiger partial charge in [-0.25, -0.2) is 0 Å². The lowest BCUT2D eigenvalue weighted by Gasteiger charge is -2.28. The molecule has 124 valence electrons. The highest BCUT2D eigenvalue weighted by Gasteiger charge is 2.21. The van der Waals surface area contributed by atoms with Gasteiger partial charge in [-0.3, -0.25) is 4.79 Å². The average Bonchev–Trinajstić information content (AvgIpc) is 2.54. The Kier molecular flexibility index (Phi) is 4.30. The van der Waals surface area contributed by atoms with Crippen LogP contribution in [0.5, 0.6) is 11.5 Å². The quantitative estimate of drug-likeness (QED) is 0.917. The van der Waals surface area contributed by atoms with Gasteiger partial charge in [0.05, 0.1) is 0 Å². The number of amides is 1. The monoisotopic (exact) mass is 323 g/mol. The van der Waals surface area contributed by atoms with Crippen LogP contribution in [0.2, 0.25) is 0 Å². The molecular formula is C20H21NO3. The molecule has 1 amide bonds. The van der Waals surface area contributed by atoms with E-state index in [0.29, 0.717) is 5.75 Å². The summed E-state index contributed by atoms with van der Waals surface area (Å²) in [5.74, 6) is 1.18. The topological polar surface area (TPSA) is 47.6 Å². The highest BCUT2D eigenvalue weighted by molar-refractivity contribution is 5.92. The average molecular weight is 323 g/mol. The Balaban J connectivity index is 1.62. The van der Waals surface area contributed by atoms with Gasteiger partial charge in [-0.15, -0.1) is 0 Å². The van der Waals surface area contributed by atoms with E-state index in [2.05, 4.69) is 5.32 Å². The van der Waals surface area contributed by atoms with Crippen molar-refractivity contribution in [2.24, 2.45) is 0 Å². The Morgan fingerprint density at radius 1 is 1.21 bits per heavy atom. The van der Waals surface area contributed by atoms with Crippen molar-refractivity contribution in [3.05, 3.63) is 59.7 Å². The van der Waals surface area contributed by atoms with E-state index in [0.717, 1.165) is 22.6 Å². The van der Waals surface area contributed by atoms with Crippen molar-refractivity contribution >= 4 is 17.7 Å². The van der Waals surface area contributed by atoms with E-state index in [1.54, 1.807) is 0 Å². The SMILES string of the molecule is Cc1ccccc1NC(=O)COc1ccc2c(c1)OC(C)(C)C=C2. The van der Waals surface area contributed by atoms with E-state index in [1.165, 1.54) is 0 Å². The number of hydrogen-bond acceptors (Lipinski definition) is 3. The molecule has 2 aromatic carbocycles. The number of fused-ring (bicyclic) bond motifs is 1. The van der Waals surface area contributed by atoms with E-state index in [9.17, 15) is 4.79 Å². The van der Waals surface area contributed by atoms with Gasteiger partial charge < -0.3 is 14.8 Å². The van der Waals surface area contributed by atoms with Crippen molar-refractivity contribution in [2.45, 2.75) is 26.4 Å². The number of anilines is 1. The first kappa shape index (κ1) is 16.1. The molecule has 0 unspecified atom stereocenters. The van der Waals surface area contributed by atoms with Gasteiger partial charge in [0.2, 0.25) is 0 Å². The smallest absolute Gasteiger partial charge is 0.262 e. The van der Waals surface area contributed by atoms with Gasteiger partial charge in [-0.05, 0) is 50.6 Å². The zero-order chi connectivity index (χ0) is 17.2. The Bertz CT molecular complexity index is 793. The molecule has 0 bridgehead atoms. The predicted molar refractivity (Wildman–Crippen MR) is 95.5 cm³/mol. The number of carbonyl (C=O) groups excluding carboxylic acids is 1. The number of benzene rings is 2. The zero-order valence-corrected chi connectivity index (χ0v) is 14.1. The van der Waals surface area contributed by atoms with Crippen molar-refractivity contribution in [1.29, 1.82) is 0 Å². The van der Waals surface area contributed by atoms with Crippen LogP contribution in [0, 0.1) is 6.92 Å². The molecule has 3 rings (SSSR count). The highest BCUT2D eigenvalue weighted by Crippen LogP contribution is 2.33.